The van der Waals surface area contributed by atoms with Gasteiger partial charge in [0.2, 0.25) is 5.82 Å². The minimum Gasteiger partial charge on any atom is -0.387 e. The zero-order valence-electron chi connectivity index (χ0n) is 8.03. The van der Waals surface area contributed by atoms with Crippen molar-refractivity contribution in [1.29, 1.82) is 0 Å². The van der Waals surface area contributed by atoms with Crippen LogP contribution in [0.5, 0.6) is 0 Å². The fourth-order valence-electron chi connectivity index (χ4n) is 1.25. The lowest BCUT2D eigenvalue weighted by molar-refractivity contribution is -0.384. The second-order valence-corrected chi connectivity index (χ2v) is 2.94. The van der Waals surface area contributed by atoms with E-state index in [1.807, 2.05) is 0 Å². The Balaban J connectivity index is 2.50. The lowest BCUT2D eigenvalue weighted by Gasteiger charge is -1.95. The fraction of sp³-hybridized carbons (Fsp3) is 0.111. The Labute approximate surface area is 89.5 Å². The summed E-state index contributed by atoms with van der Waals surface area (Å²) in [7, 11) is 0. The van der Waals surface area contributed by atoms with E-state index in [4.69, 9.17) is 5.11 Å². The average Bonchev–Trinajstić information content (AvgIpc) is 2.77. The Morgan fingerprint density at radius 2 is 2.19 bits per heavy atom. The van der Waals surface area contributed by atoms with Crippen LogP contribution in [0, 0.1) is 10.1 Å². The summed E-state index contributed by atoms with van der Waals surface area (Å²) in [5.41, 5.74) is 0.156. The van der Waals surface area contributed by atoms with Crippen LogP contribution in [0.2, 0.25) is 0 Å². The molecule has 0 saturated heterocycles. The van der Waals surface area contributed by atoms with Crippen LogP contribution in [0.4, 0.5) is 5.69 Å². The number of aliphatic hydroxyl groups excluding tert-OH is 1. The molecule has 0 spiro atoms. The van der Waals surface area contributed by atoms with E-state index in [1.165, 1.54) is 12.1 Å². The molecule has 82 valence electrons. The average molecular weight is 221 g/mol. The first-order valence-corrected chi connectivity index (χ1v) is 4.39. The molecule has 7 heteroatoms. The smallest absolute Gasteiger partial charge is 0.280 e. The van der Waals surface area contributed by atoms with E-state index >= 15 is 0 Å². The second kappa shape index (κ2) is 4.07. The monoisotopic (exact) mass is 221 g/mol. The summed E-state index contributed by atoms with van der Waals surface area (Å²) >= 11 is 0. The molecule has 0 saturated carbocycles. The molecular formula is C9H7N3O4. The van der Waals surface area contributed by atoms with Crippen molar-refractivity contribution in [2.24, 2.45) is 0 Å². The third-order valence-electron chi connectivity index (χ3n) is 1.94. The highest BCUT2D eigenvalue weighted by molar-refractivity contribution is 5.67. The molecule has 0 radical (unpaired) electrons. The highest BCUT2D eigenvalue weighted by Gasteiger charge is 2.18. The third-order valence-corrected chi connectivity index (χ3v) is 1.94. The van der Waals surface area contributed by atoms with Gasteiger partial charge in [-0.3, -0.25) is 10.1 Å². The van der Waals surface area contributed by atoms with Gasteiger partial charge in [-0.05, 0) is 6.07 Å². The summed E-state index contributed by atoms with van der Waals surface area (Å²) < 4.78 is 4.67. The summed E-state index contributed by atoms with van der Waals surface area (Å²) in [4.78, 5) is 14.0. The SMILES string of the molecule is O=[N+]([O-])c1ccccc1-c1noc(CO)n1. The topological polar surface area (TPSA) is 102 Å². The summed E-state index contributed by atoms with van der Waals surface area (Å²) in [6, 6.07) is 6.06. The number of benzene rings is 1. The van der Waals surface area contributed by atoms with Crippen molar-refractivity contribution in [3.05, 3.63) is 40.3 Å². The second-order valence-electron chi connectivity index (χ2n) is 2.94. The number of rotatable bonds is 3. The number of hydrogen-bond acceptors (Lipinski definition) is 6. The van der Waals surface area contributed by atoms with Gasteiger partial charge in [-0.1, -0.05) is 17.3 Å². The Bertz CT molecular complexity index is 523. The van der Waals surface area contributed by atoms with E-state index in [9.17, 15) is 10.1 Å². The van der Waals surface area contributed by atoms with Crippen LogP contribution in [0.3, 0.4) is 0 Å². The minimum atomic E-state index is -0.523. The number of aromatic nitrogens is 2. The predicted molar refractivity (Wildman–Crippen MR) is 52.3 cm³/mol. The van der Waals surface area contributed by atoms with Gasteiger partial charge in [0.25, 0.3) is 11.6 Å². The summed E-state index contributed by atoms with van der Waals surface area (Å²) in [6.07, 6.45) is 0. The van der Waals surface area contributed by atoms with Gasteiger partial charge in [-0.25, -0.2) is 0 Å². The van der Waals surface area contributed by atoms with Crippen molar-refractivity contribution in [2.75, 3.05) is 0 Å². The van der Waals surface area contributed by atoms with Crippen LogP contribution in [0.15, 0.2) is 28.8 Å². The molecule has 1 N–H and O–H groups in total. The molecule has 0 aliphatic carbocycles. The van der Waals surface area contributed by atoms with E-state index in [1.54, 1.807) is 12.1 Å². The number of nitro benzene ring substituents is 1. The molecule has 1 aromatic carbocycles. The zero-order chi connectivity index (χ0) is 11.5. The lowest BCUT2D eigenvalue weighted by atomic mass is 10.2. The van der Waals surface area contributed by atoms with Crippen LogP contribution in [-0.4, -0.2) is 20.2 Å². The first-order valence-electron chi connectivity index (χ1n) is 4.39. The molecule has 0 atom stereocenters. The molecule has 0 aliphatic heterocycles. The van der Waals surface area contributed by atoms with Gasteiger partial charge in [0, 0.05) is 6.07 Å². The van der Waals surface area contributed by atoms with Gasteiger partial charge in [-0.15, -0.1) is 0 Å². The van der Waals surface area contributed by atoms with Crippen LogP contribution in [0.25, 0.3) is 11.4 Å². The maximum Gasteiger partial charge on any atom is 0.280 e. The molecule has 1 heterocycles. The number of nitro groups is 1. The number of hydrogen-bond donors (Lipinski definition) is 1. The molecule has 0 bridgehead atoms. The Hall–Kier alpha value is -2.28. The molecule has 0 aliphatic rings. The largest absolute Gasteiger partial charge is 0.387 e. The third kappa shape index (κ3) is 1.75. The van der Waals surface area contributed by atoms with Gasteiger partial charge in [0.15, 0.2) is 0 Å². The molecule has 7 nitrogen and oxygen atoms in total. The van der Waals surface area contributed by atoms with E-state index in [2.05, 4.69) is 14.7 Å². The van der Waals surface area contributed by atoms with E-state index in [0.717, 1.165) is 0 Å². The Morgan fingerprint density at radius 3 is 2.81 bits per heavy atom. The van der Waals surface area contributed by atoms with Crippen LogP contribution in [-0.2, 0) is 6.61 Å². The minimum absolute atomic E-state index is 0.0214. The van der Waals surface area contributed by atoms with E-state index in [-0.39, 0.29) is 23.0 Å². The van der Waals surface area contributed by atoms with Gasteiger partial charge >= 0.3 is 0 Å². The van der Waals surface area contributed by atoms with Crippen molar-refractivity contribution in [3.63, 3.8) is 0 Å². The molecule has 1 aromatic heterocycles. The first kappa shape index (κ1) is 10.2. The Kier molecular flexibility index (Phi) is 2.61. The molecule has 16 heavy (non-hydrogen) atoms. The number of para-hydroxylation sites is 1. The van der Waals surface area contributed by atoms with Gasteiger partial charge in [0.1, 0.15) is 12.2 Å². The molecular weight excluding hydrogens is 214 g/mol. The van der Waals surface area contributed by atoms with Crippen molar-refractivity contribution in [2.45, 2.75) is 6.61 Å². The Morgan fingerprint density at radius 1 is 1.44 bits per heavy atom. The molecule has 0 unspecified atom stereocenters. The molecule has 2 aromatic rings. The molecule has 0 amide bonds. The van der Waals surface area contributed by atoms with Gasteiger partial charge in [0.05, 0.1) is 4.92 Å². The fourth-order valence-corrected chi connectivity index (χ4v) is 1.25. The predicted octanol–water partition coefficient (Wildman–Crippen LogP) is 1.14. The lowest BCUT2D eigenvalue weighted by Crippen LogP contribution is -1.92. The van der Waals surface area contributed by atoms with Crippen molar-refractivity contribution < 1.29 is 14.6 Å². The van der Waals surface area contributed by atoms with Crippen molar-refractivity contribution in [3.8, 4) is 11.4 Å². The van der Waals surface area contributed by atoms with Gasteiger partial charge in [-0.2, -0.15) is 4.98 Å². The maximum atomic E-state index is 10.7. The van der Waals surface area contributed by atoms with E-state index < -0.39 is 11.5 Å². The highest BCUT2D eigenvalue weighted by Crippen LogP contribution is 2.26. The molecule has 0 fully saturated rings. The van der Waals surface area contributed by atoms with Gasteiger partial charge < -0.3 is 9.63 Å². The summed E-state index contributed by atoms with van der Waals surface area (Å²) in [5, 5.41) is 23.0. The number of nitrogens with zero attached hydrogens (tertiary/aromatic N) is 3. The maximum absolute atomic E-state index is 10.7. The number of aliphatic hydroxyl groups is 1. The van der Waals surface area contributed by atoms with Crippen LogP contribution in [0.1, 0.15) is 5.89 Å². The first-order chi connectivity index (χ1) is 7.72. The van der Waals surface area contributed by atoms with Crippen molar-refractivity contribution in [1.82, 2.24) is 10.1 Å². The van der Waals surface area contributed by atoms with Crippen LogP contribution >= 0.6 is 0 Å². The zero-order valence-corrected chi connectivity index (χ0v) is 8.03. The highest BCUT2D eigenvalue weighted by atomic mass is 16.6. The van der Waals surface area contributed by atoms with Crippen LogP contribution < -0.4 is 0 Å². The normalized spacial score (nSPS) is 10.3. The van der Waals surface area contributed by atoms with E-state index in [0.29, 0.717) is 0 Å². The quantitative estimate of drug-likeness (QED) is 0.615. The summed E-state index contributed by atoms with van der Waals surface area (Å²) in [6.45, 7) is -0.395. The van der Waals surface area contributed by atoms with Crippen molar-refractivity contribution >= 4 is 5.69 Å². The standard InChI is InChI=1S/C9H7N3O4/c13-5-8-10-9(11-16-8)6-3-1-2-4-7(6)12(14)15/h1-4,13H,5H2. The summed E-state index contributed by atoms with van der Waals surface area (Å²) in [5.74, 6) is 0.115. The molecule has 2 rings (SSSR count).